The molecule has 2 aromatic rings. The fraction of sp³-hybridized carbons (Fsp3) is 0.211. The summed E-state index contributed by atoms with van der Waals surface area (Å²) >= 11 is 11.9. The van der Waals surface area contributed by atoms with Crippen molar-refractivity contribution in [2.45, 2.75) is 6.54 Å². The van der Waals surface area contributed by atoms with Gasteiger partial charge in [-0.25, -0.2) is 8.42 Å². The molecule has 29 heavy (non-hydrogen) atoms. The SMILES string of the molecule is CS(=O)(=O)N(CC=Cc1cc(Cl)cc(Cl)c1)Cc1cccc(OCC(=O)[O-])c1.[Na+]. The predicted molar refractivity (Wildman–Crippen MR) is 108 cm³/mol. The number of ether oxygens (including phenoxy) is 1. The monoisotopic (exact) mass is 465 g/mol. The summed E-state index contributed by atoms with van der Waals surface area (Å²) in [4.78, 5) is 10.5. The number of sulfonamides is 1. The number of carboxylic acid groups (broad SMARTS) is 1. The molecule has 0 amide bonds. The number of carbonyl (C=O) groups is 1. The van der Waals surface area contributed by atoms with Gasteiger partial charge in [0.15, 0.2) is 0 Å². The standard InChI is InChI=1S/C19H19Cl2NO5S.Na/c1-28(25,26)22(7-3-5-14-8-16(20)11-17(21)9-14)12-15-4-2-6-18(10-15)27-13-19(23)24;/h2-6,8-11H,7,12-13H2,1H3,(H,23,24);/q;+1/p-1. The molecular weight excluding hydrogens is 448 g/mol. The molecule has 0 bridgehead atoms. The van der Waals surface area contributed by atoms with E-state index in [-0.39, 0.29) is 42.6 Å². The van der Waals surface area contributed by atoms with Gasteiger partial charge in [-0.05, 0) is 41.5 Å². The largest absolute Gasteiger partial charge is 1.00 e. The van der Waals surface area contributed by atoms with Crippen LogP contribution >= 0.6 is 23.2 Å². The fourth-order valence-electron chi connectivity index (χ4n) is 2.37. The molecule has 0 spiro atoms. The van der Waals surface area contributed by atoms with Crippen LogP contribution in [0.1, 0.15) is 11.1 Å². The number of aliphatic carboxylic acids is 1. The van der Waals surface area contributed by atoms with Crippen molar-refractivity contribution in [2.24, 2.45) is 0 Å². The van der Waals surface area contributed by atoms with E-state index in [4.69, 9.17) is 27.9 Å². The maximum atomic E-state index is 12.1. The Morgan fingerprint density at radius 2 is 1.83 bits per heavy atom. The van der Waals surface area contributed by atoms with E-state index in [0.29, 0.717) is 21.4 Å². The molecule has 0 saturated heterocycles. The van der Waals surface area contributed by atoms with E-state index in [9.17, 15) is 18.3 Å². The van der Waals surface area contributed by atoms with E-state index in [2.05, 4.69) is 0 Å². The molecule has 150 valence electrons. The number of hydrogen-bond donors (Lipinski definition) is 0. The number of halogens is 2. The number of nitrogens with zero attached hydrogens (tertiary/aromatic N) is 1. The molecule has 6 nitrogen and oxygen atoms in total. The summed E-state index contributed by atoms with van der Waals surface area (Å²) in [5.41, 5.74) is 1.41. The fourth-order valence-corrected chi connectivity index (χ4v) is 3.66. The van der Waals surface area contributed by atoms with E-state index in [1.807, 2.05) is 0 Å². The zero-order chi connectivity index (χ0) is 20.7. The van der Waals surface area contributed by atoms with Gasteiger partial charge in [-0.15, -0.1) is 0 Å². The zero-order valence-corrected chi connectivity index (χ0v) is 20.3. The molecule has 0 aliphatic heterocycles. The zero-order valence-electron chi connectivity index (χ0n) is 16.0. The van der Waals surface area contributed by atoms with E-state index >= 15 is 0 Å². The van der Waals surface area contributed by atoms with Crippen LogP contribution in [0.3, 0.4) is 0 Å². The van der Waals surface area contributed by atoms with Crippen LogP contribution in [0.25, 0.3) is 6.08 Å². The molecular formula is C19H18Cl2NNaO5S. The molecule has 0 aliphatic rings. The van der Waals surface area contributed by atoms with Crippen LogP contribution in [0.5, 0.6) is 5.75 Å². The predicted octanol–water partition coefficient (Wildman–Crippen LogP) is -0.399. The molecule has 0 unspecified atom stereocenters. The van der Waals surface area contributed by atoms with Gasteiger partial charge in [0, 0.05) is 23.1 Å². The number of hydrogen-bond acceptors (Lipinski definition) is 5. The van der Waals surface area contributed by atoms with Crippen LogP contribution in [0.15, 0.2) is 48.5 Å². The van der Waals surface area contributed by atoms with Crippen molar-refractivity contribution in [3.8, 4) is 5.75 Å². The molecule has 0 saturated carbocycles. The Morgan fingerprint density at radius 1 is 1.17 bits per heavy atom. The van der Waals surface area contributed by atoms with Gasteiger partial charge in [0.05, 0.1) is 12.2 Å². The first kappa shape index (κ1) is 26.0. The first-order valence-electron chi connectivity index (χ1n) is 8.13. The van der Waals surface area contributed by atoms with Gasteiger partial charge in [-0.2, -0.15) is 4.31 Å². The molecule has 0 heterocycles. The van der Waals surface area contributed by atoms with Crippen molar-refractivity contribution < 1.29 is 52.6 Å². The van der Waals surface area contributed by atoms with E-state index in [1.165, 1.54) is 4.31 Å². The van der Waals surface area contributed by atoms with Gasteiger partial charge in [-0.1, -0.05) is 47.5 Å². The number of carbonyl (C=O) groups excluding carboxylic acids is 1. The van der Waals surface area contributed by atoms with Crippen molar-refractivity contribution in [1.82, 2.24) is 4.31 Å². The summed E-state index contributed by atoms with van der Waals surface area (Å²) in [6.45, 7) is -0.348. The molecule has 0 aromatic heterocycles. The Labute approximate surface area is 202 Å². The molecule has 0 aliphatic carbocycles. The van der Waals surface area contributed by atoms with Crippen LogP contribution < -0.4 is 39.4 Å². The van der Waals surface area contributed by atoms with E-state index < -0.39 is 22.6 Å². The molecule has 0 atom stereocenters. The normalized spacial score (nSPS) is 11.4. The van der Waals surface area contributed by atoms with Crippen LogP contribution in [0, 0.1) is 0 Å². The van der Waals surface area contributed by atoms with Crippen LogP contribution in [0.4, 0.5) is 0 Å². The summed E-state index contributed by atoms with van der Waals surface area (Å²) < 4.78 is 30.6. The van der Waals surface area contributed by atoms with Crippen molar-refractivity contribution in [2.75, 3.05) is 19.4 Å². The Kier molecular flexibility index (Phi) is 10.7. The Balaban J connectivity index is 0.00000420. The first-order valence-corrected chi connectivity index (χ1v) is 10.7. The molecule has 10 heteroatoms. The summed E-state index contributed by atoms with van der Waals surface area (Å²) in [6, 6.07) is 11.6. The Morgan fingerprint density at radius 3 is 2.41 bits per heavy atom. The van der Waals surface area contributed by atoms with E-state index in [0.717, 1.165) is 11.8 Å². The van der Waals surface area contributed by atoms with Gasteiger partial charge in [0.25, 0.3) is 0 Å². The second-order valence-corrected chi connectivity index (χ2v) is 8.82. The maximum Gasteiger partial charge on any atom is 1.00 e. The van der Waals surface area contributed by atoms with Gasteiger partial charge < -0.3 is 14.6 Å². The molecule has 0 N–H and O–H groups in total. The average molecular weight is 466 g/mol. The van der Waals surface area contributed by atoms with Gasteiger partial charge in [-0.3, -0.25) is 0 Å². The third kappa shape index (κ3) is 9.53. The summed E-state index contributed by atoms with van der Waals surface area (Å²) in [5.74, 6) is -1.02. The molecule has 0 fully saturated rings. The quantitative estimate of drug-likeness (QED) is 0.470. The third-order valence-corrected chi connectivity index (χ3v) is 5.24. The van der Waals surface area contributed by atoms with E-state index in [1.54, 1.807) is 54.6 Å². The van der Waals surface area contributed by atoms with Gasteiger partial charge >= 0.3 is 29.6 Å². The number of rotatable bonds is 9. The molecule has 2 aromatic carbocycles. The van der Waals surface area contributed by atoms with Crippen LogP contribution in [0.2, 0.25) is 10.0 Å². The minimum atomic E-state index is -3.49. The molecule has 0 radical (unpaired) electrons. The first-order chi connectivity index (χ1) is 13.1. The maximum absolute atomic E-state index is 12.1. The summed E-state index contributed by atoms with van der Waals surface area (Å²) in [7, 11) is -3.49. The van der Waals surface area contributed by atoms with Crippen molar-refractivity contribution in [3.05, 3.63) is 69.7 Å². The summed E-state index contributed by atoms with van der Waals surface area (Å²) in [6.07, 6.45) is 4.54. The topological polar surface area (TPSA) is 86.7 Å². The van der Waals surface area contributed by atoms with Crippen molar-refractivity contribution in [1.29, 1.82) is 0 Å². The van der Waals surface area contributed by atoms with Crippen molar-refractivity contribution in [3.63, 3.8) is 0 Å². The Hall–Kier alpha value is -1.06. The molecule has 2 rings (SSSR count). The van der Waals surface area contributed by atoms with Gasteiger partial charge in [0.1, 0.15) is 12.4 Å². The van der Waals surface area contributed by atoms with Crippen LogP contribution in [-0.4, -0.2) is 38.1 Å². The summed E-state index contributed by atoms with van der Waals surface area (Å²) in [5, 5.41) is 11.5. The number of benzene rings is 2. The second-order valence-electron chi connectivity index (χ2n) is 5.97. The van der Waals surface area contributed by atoms with Gasteiger partial charge in [0.2, 0.25) is 10.0 Å². The van der Waals surface area contributed by atoms with Crippen LogP contribution in [-0.2, 0) is 21.4 Å². The Bertz CT molecular complexity index is 962. The minimum Gasteiger partial charge on any atom is -0.546 e. The average Bonchev–Trinajstić information content (AvgIpc) is 2.58. The third-order valence-electron chi connectivity index (χ3n) is 3.59. The second kappa shape index (κ2) is 12.0. The smallest absolute Gasteiger partial charge is 0.546 e. The van der Waals surface area contributed by atoms with Crippen molar-refractivity contribution >= 4 is 45.3 Å². The number of carboxylic acids is 1. The minimum absolute atomic E-state index is 0.